The molecule has 4 nitrogen and oxygen atoms in total. The molecule has 2 rings (SSSR count). The quantitative estimate of drug-likeness (QED) is 0.729. The Kier molecular flexibility index (Phi) is 3.18. The van der Waals surface area contributed by atoms with Crippen LogP contribution in [-0.2, 0) is 13.6 Å². The average Bonchev–Trinajstić information content (AvgIpc) is 2.25. The topological polar surface area (TPSA) is 37.3 Å². The molecule has 1 aliphatic rings. The molecule has 82 valence electrons. The Balaban J connectivity index is 2.03. The van der Waals surface area contributed by atoms with Gasteiger partial charge in [-0.05, 0) is 11.6 Å². The SMILES string of the molecule is Cn1ccc(CN2CCNCC2)cc1=O. The van der Waals surface area contributed by atoms with Crippen LogP contribution in [0.25, 0.3) is 0 Å². The van der Waals surface area contributed by atoms with Crippen LogP contribution in [0.1, 0.15) is 5.56 Å². The van der Waals surface area contributed by atoms with E-state index < -0.39 is 0 Å². The number of nitrogens with one attached hydrogen (secondary N) is 1. The van der Waals surface area contributed by atoms with E-state index in [4.69, 9.17) is 0 Å². The molecule has 1 N–H and O–H groups in total. The Morgan fingerprint density at radius 1 is 1.40 bits per heavy atom. The zero-order valence-corrected chi connectivity index (χ0v) is 9.07. The average molecular weight is 207 g/mol. The zero-order chi connectivity index (χ0) is 10.7. The van der Waals surface area contributed by atoms with Gasteiger partial charge in [0.05, 0.1) is 0 Å². The molecule has 0 amide bonds. The highest BCUT2D eigenvalue weighted by Crippen LogP contribution is 2.02. The third-order valence-electron chi connectivity index (χ3n) is 2.78. The molecule has 0 aromatic carbocycles. The molecule has 1 aromatic heterocycles. The fourth-order valence-corrected chi connectivity index (χ4v) is 1.82. The van der Waals surface area contributed by atoms with Gasteiger partial charge in [-0.15, -0.1) is 0 Å². The van der Waals surface area contributed by atoms with E-state index in [9.17, 15) is 4.79 Å². The van der Waals surface area contributed by atoms with Crippen molar-refractivity contribution in [2.45, 2.75) is 6.54 Å². The van der Waals surface area contributed by atoms with Crippen LogP contribution >= 0.6 is 0 Å². The third-order valence-corrected chi connectivity index (χ3v) is 2.78. The van der Waals surface area contributed by atoms with Crippen LogP contribution in [0.2, 0.25) is 0 Å². The van der Waals surface area contributed by atoms with E-state index in [0.717, 1.165) is 38.3 Å². The third kappa shape index (κ3) is 2.67. The summed E-state index contributed by atoms with van der Waals surface area (Å²) in [5, 5.41) is 3.31. The molecule has 1 aromatic rings. The summed E-state index contributed by atoms with van der Waals surface area (Å²) < 4.78 is 1.60. The second-order valence-corrected chi connectivity index (χ2v) is 4.01. The van der Waals surface area contributed by atoms with Crippen LogP contribution in [0.5, 0.6) is 0 Å². The molecule has 0 radical (unpaired) electrons. The van der Waals surface area contributed by atoms with E-state index in [1.54, 1.807) is 17.7 Å². The van der Waals surface area contributed by atoms with E-state index in [-0.39, 0.29) is 5.56 Å². The fourth-order valence-electron chi connectivity index (χ4n) is 1.82. The fraction of sp³-hybridized carbons (Fsp3) is 0.545. The van der Waals surface area contributed by atoms with E-state index >= 15 is 0 Å². The predicted octanol–water partition coefficient (Wildman–Crippen LogP) is -0.209. The molecule has 0 aliphatic carbocycles. The van der Waals surface area contributed by atoms with Crippen LogP contribution in [0.3, 0.4) is 0 Å². The largest absolute Gasteiger partial charge is 0.319 e. The molecular weight excluding hydrogens is 190 g/mol. The minimum Gasteiger partial charge on any atom is -0.319 e. The highest BCUT2D eigenvalue weighted by atomic mass is 16.1. The van der Waals surface area contributed by atoms with E-state index in [1.807, 2.05) is 12.3 Å². The van der Waals surface area contributed by atoms with Crippen molar-refractivity contribution in [3.8, 4) is 0 Å². The van der Waals surface area contributed by atoms with E-state index in [0.29, 0.717) is 0 Å². The number of pyridine rings is 1. The lowest BCUT2D eigenvalue weighted by Crippen LogP contribution is -2.43. The highest BCUT2D eigenvalue weighted by Gasteiger charge is 2.09. The van der Waals surface area contributed by atoms with Crippen LogP contribution in [-0.4, -0.2) is 35.6 Å². The maximum absolute atomic E-state index is 11.4. The molecule has 0 atom stereocenters. The van der Waals surface area contributed by atoms with Gasteiger partial charge in [0.25, 0.3) is 5.56 Å². The molecule has 0 bridgehead atoms. The van der Waals surface area contributed by atoms with Crippen molar-refractivity contribution in [3.63, 3.8) is 0 Å². The molecule has 15 heavy (non-hydrogen) atoms. The van der Waals surface area contributed by atoms with Gasteiger partial charge in [-0.3, -0.25) is 9.69 Å². The number of piperazine rings is 1. The van der Waals surface area contributed by atoms with Gasteiger partial charge in [0.1, 0.15) is 0 Å². The number of hydrogen-bond acceptors (Lipinski definition) is 3. The number of aromatic nitrogens is 1. The predicted molar refractivity (Wildman–Crippen MR) is 59.8 cm³/mol. The first-order valence-corrected chi connectivity index (χ1v) is 5.34. The maximum atomic E-state index is 11.4. The monoisotopic (exact) mass is 207 g/mol. The molecule has 2 heterocycles. The second-order valence-electron chi connectivity index (χ2n) is 4.01. The van der Waals surface area contributed by atoms with Gasteiger partial charge in [0, 0.05) is 52.0 Å². The molecule has 0 unspecified atom stereocenters. The second kappa shape index (κ2) is 4.59. The minimum absolute atomic E-state index is 0.0719. The van der Waals surface area contributed by atoms with Gasteiger partial charge in [-0.1, -0.05) is 0 Å². The highest BCUT2D eigenvalue weighted by molar-refractivity contribution is 5.10. The summed E-state index contributed by atoms with van der Waals surface area (Å²) in [4.78, 5) is 13.8. The lowest BCUT2D eigenvalue weighted by atomic mass is 10.2. The molecule has 1 aliphatic heterocycles. The first-order chi connectivity index (χ1) is 7.25. The molecule has 1 saturated heterocycles. The van der Waals surface area contributed by atoms with Gasteiger partial charge < -0.3 is 9.88 Å². The lowest BCUT2D eigenvalue weighted by Gasteiger charge is -2.27. The van der Waals surface area contributed by atoms with Crippen molar-refractivity contribution in [3.05, 3.63) is 34.2 Å². The lowest BCUT2D eigenvalue weighted by molar-refractivity contribution is 0.233. The van der Waals surface area contributed by atoms with Crippen molar-refractivity contribution < 1.29 is 0 Å². The molecule has 0 saturated carbocycles. The van der Waals surface area contributed by atoms with Gasteiger partial charge >= 0.3 is 0 Å². The maximum Gasteiger partial charge on any atom is 0.250 e. The summed E-state index contributed by atoms with van der Waals surface area (Å²) in [6.45, 7) is 5.11. The molecular formula is C11H17N3O. The van der Waals surface area contributed by atoms with Crippen LogP contribution in [0.4, 0.5) is 0 Å². The van der Waals surface area contributed by atoms with Gasteiger partial charge in [0.2, 0.25) is 0 Å². The van der Waals surface area contributed by atoms with Crippen molar-refractivity contribution in [1.29, 1.82) is 0 Å². The summed E-state index contributed by atoms with van der Waals surface area (Å²) in [5.74, 6) is 0. The Bertz CT molecular complexity index is 380. The van der Waals surface area contributed by atoms with Gasteiger partial charge in [0.15, 0.2) is 0 Å². The Morgan fingerprint density at radius 2 is 2.13 bits per heavy atom. The number of rotatable bonds is 2. The zero-order valence-electron chi connectivity index (χ0n) is 9.07. The van der Waals surface area contributed by atoms with Crippen LogP contribution in [0.15, 0.2) is 23.1 Å². The summed E-state index contributed by atoms with van der Waals surface area (Å²) in [5.41, 5.74) is 1.18. The number of aryl methyl sites for hydroxylation is 1. The van der Waals surface area contributed by atoms with Crippen LogP contribution in [0, 0.1) is 0 Å². The standard InChI is InChI=1S/C11H17N3O/c1-13-5-2-10(8-11(13)15)9-14-6-3-12-4-7-14/h2,5,8,12H,3-4,6-7,9H2,1H3. The molecule has 0 spiro atoms. The summed E-state index contributed by atoms with van der Waals surface area (Å²) in [6, 6.07) is 3.74. The van der Waals surface area contributed by atoms with Crippen molar-refractivity contribution >= 4 is 0 Å². The Labute approximate surface area is 89.5 Å². The van der Waals surface area contributed by atoms with Crippen molar-refractivity contribution in [2.24, 2.45) is 7.05 Å². The normalized spacial score (nSPS) is 17.9. The van der Waals surface area contributed by atoms with Crippen LogP contribution < -0.4 is 10.9 Å². The molecule has 4 heteroatoms. The smallest absolute Gasteiger partial charge is 0.250 e. The van der Waals surface area contributed by atoms with Crippen molar-refractivity contribution in [1.82, 2.24) is 14.8 Å². The van der Waals surface area contributed by atoms with E-state index in [1.165, 1.54) is 0 Å². The first kappa shape index (κ1) is 10.4. The Morgan fingerprint density at radius 3 is 2.80 bits per heavy atom. The number of hydrogen-bond donors (Lipinski definition) is 1. The summed E-state index contributed by atoms with van der Waals surface area (Å²) in [7, 11) is 1.77. The molecule has 1 fully saturated rings. The van der Waals surface area contributed by atoms with E-state index in [2.05, 4.69) is 10.2 Å². The number of nitrogens with zero attached hydrogens (tertiary/aromatic N) is 2. The summed E-state index contributed by atoms with van der Waals surface area (Å²) in [6.07, 6.45) is 1.83. The summed E-state index contributed by atoms with van der Waals surface area (Å²) >= 11 is 0. The van der Waals surface area contributed by atoms with Crippen molar-refractivity contribution in [2.75, 3.05) is 26.2 Å². The first-order valence-electron chi connectivity index (χ1n) is 5.34. The minimum atomic E-state index is 0.0719. The Hall–Kier alpha value is -1.13. The van der Waals surface area contributed by atoms with Gasteiger partial charge in [-0.25, -0.2) is 0 Å². The van der Waals surface area contributed by atoms with Gasteiger partial charge in [-0.2, -0.15) is 0 Å².